The topological polar surface area (TPSA) is 75.2 Å². The van der Waals surface area contributed by atoms with Crippen molar-refractivity contribution in [2.75, 3.05) is 13.2 Å². The summed E-state index contributed by atoms with van der Waals surface area (Å²) in [5, 5.41) is 9.06. The molecule has 6 heteroatoms. The van der Waals surface area contributed by atoms with Gasteiger partial charge in [-0.3, -0.25) is 0 Å². The van der Waals surface area contributed by atoms with Gasteiger partial charge in [0.05, 0.1) is 5.56 Å². The third kappa shape index (κ3) is 2.28. The average Bonchev–Trinajstić information content (AvgIpc) is 2.29. The fourth-order valence-corrected chi connectivity index (χ4v) is 2.05. The first-order valence-corrected chi connectivity index (χ1v) is 5.49. The minimum Gasteiger partial charge on any atom is -0.478 e. The second kappa shape index (κ2) is 4.71. The molecule has 2 rings (SSSR count). The molecule has 0 spiro atoms. The van der Waals surface area contributed by atoms with Crippen molar-refractivity contribution in [1.82, 2.24) is 9.97 Å². The van der Waals surface area contributed by atoms with Gasteiger partial charge in [0.25, 0.3) is 0 Å². The summed E-state index contributed by atoms with van der Waals surface area (Å²) in [5.41, 5.74) is 0.885. The Bertz CT molecular complexity index is 452. The smallest absolute Gasteiger partial charge is 0.339 e. The molecule has 0 aliphatic carbocycles. The highest BCUT2D eigenvalue weighted by Crippen LogP contribution is 2.27. The lowest BCUT2D eigenvalue weighted by Gasteiger charge is -2.23. The van der Waals surface area contributed by atoms with E-state index < -0.39 is 5.97 Å². The van der Waals surface area contributed by atoms with Crippen LogP contribution < -0.4 is 0 Å². The molecular weight excluding hydrogens is 228 g/mol. The first kappa shape index (κ1) is 11.2. The summed E-state index contributed by atoms with van der Waals surface area (Å²) in [7, 11) is 0. The number of carboxylic acid groups (broad SMARTS) is 1. The average molecular weight is 240 g/mol. The van der Waals surface area contributed by atoms with Crippen molar-refractivity contribution in [3.63, 3.8) is 0 Å². The van der Waals surface area contributed by atoms with Gasteiger partial charge in [0, 0.05) is 31.0 Å². The van der Waals surface area contributed by atoms with Crippen molar-refractivity contribution >= 4 is 18.2 Å². The zero-order valence-electron chi connectivity index (χ0n) is 8.60. The number of hydrogen-bond donors (Lipinski definition) is 2. The monoisotopic (exact) mass is 240 g/mol. The molecule has 1 aliphatic rings. The van der Waals surface area contributed by atoms with Crippen molar-refractivity contribution in [2.24, 2.45) is 0 Å². The molecule has 1 aromatic rings. The van der Waals surface area contributed by atoms with Gasteiger partial charge in [-0.1, -0.05) is 0 Å². The molecule has 2 heterocycles. The maximum atomic E-state index is 11.1. The van der Waals surface area contributed by atoms with Gasteiger partial charge >= 0.3 is 5.97 Å². The second-order valence-corrected chi connectivity index (χ2v) is 4.09. The van der Waals surface area contributed by atoms with E-state index in [-0.39, 0.29) is 11.5 Å². The van der Waals surface area contributed by atoms with Crippen LogP contribution in [0.1, 0.15) is 34.8 Å². The lowest BCUT2D eigenvalue weighted by Crippen LogP contribution is -2.18. The number of aromatic amines is 1. The van der Waals surface area contributed by atoms with E-state index in [9.17, 15) is 4.79 Å². The normalized spacial score (nSPS) is 17.2. The number of nitrogens with zero attached hydrogens (tertiary/aromatic N) is 1. The number of hydrogen-bond acceptors (Lipinski definition) is 4. The molecule has 5 nitrogen and oxygen atoms in total. The lowest BCUT2D eigenvalue weighted by molar-refractivity contribution is 0.0682. The number of rotatable bonds is 2. The molecule has 1 saturated heterocycles. The molecule has 16 heavy (non-hydrogen) atoms. The van der Waals surface area contributed by atoms with E-state index in [1.165, 1.54) is 6.20 Å². The van der Waals surface area contributed by atoms with Crippen LogP contribution in [0.5, 0.6) is 0 Å². The van der Waals surface area contributed by atoms with Crippen LogP contribution in [0.4, 0.5) is 0 Å². The van der Waals surface area contributed by atoms with E-state index in [4.69, 9.17) is 22.1 Å². The van der Waals surface area contributed by atoms with Crippen LogP contribution in [0.2, 0.25) is 0 Å². The van der Waals surface area contributed by atoms with Gasteiger partial charge in [-0.25, -0.2) is 9.78 Å². The fraction of sp³-hybridized carbons (Fsp3) is 0.500. The lowest BCUT2D eigenvalue weighted by atomic mass is 9.93. The predicted octanol–water partition coefficient (Wildman–Crippen LogP) is 1.73. The Morgan fingerprint density at radius 3 is 2.88 bits per heavy atom. The largest absolute Gasteiger partial charge is 0.478 e. The zero-order chi connectivity index (χ0) is 11.5. The Balaban J connectivity index is 2.40. The summed E-state index contributed by atoms with van der Waals surface area (Å²) in [4.78, 5) is 17.7. The molecule has 1 aliphatic heterocycles. The quantitative estimate of drug-likeness (QED) is 0.770. The van der Waals surface area contributed by atoms with Gasteiger partial charge in [-0.15, -0.1) is 0 Å². The minimum absolute atomic E-state index is 0.171. The van der Waals surface area contributed by atoms with Gasteiger partial charge in [-0.05, 0) is 25.1 Å². The van der Waals surface area contributed by atoms with Crippen LogP contribution in [-0.2, 0) is 4.74 Å². The SMILES string of the molecule is O=C(O)c1cnc(=S)[nH]c1C1CCOCC1. The third-order valence-corrected chi connectivity index (χ3v) is 2.91. The molecule has 2 N–H and O–H groups in total. The number of carboxylic acids is 1. The molecule has 0 saturated carbocycles. The summed E-state index contributed by atoms with van der Waals surface area (Å²) in [5.74, 6) is -0.801. The Morgan fingerprint density at radius 2 is 2.25 bits per heavy atom. The maximum absolute atomic E-state index is 11.1. The summed E-state index contributed by atoms with van der Waals surface area (Å²) in [6.45, 7) is 1.32. The first-order chi connectivity index (χ1) is 7.68. The van der Waals surface area contributed by atoms with Crippen LogP contribution >= 0.6 is 12.2 Å². The van der Waals surface area contributed by atoms with E-state index in [0.717, 1.165) is 12.8 Å². The highest BCUT2D eigenvalue weighted by Gasteiger charge is 2.22. The predicted molar refractivity (Wildman–Crippen MR) is 59.2 cm³/mol. The molecule has 0 radical (unpaired) electrons. The van der Waals surface area contributed by atoms with E-state index >= 15 is 0 Å². The highest BCUT2D eigenvalue weighted by atomic mass is 32.1. The van der Waals surface area contributed by atoms with Gasteiger partial charge in [0.2, 0.25) is 0 Å². The highest BCUT2D eigenvalue weighted by molar-refractivity contribution is 7.71. The molecule has 1 fully saturated rings. The Hall–Kier alpha value is -1.27. The molecule has 0 aromatic carbocycles. The van der Waals surface area contributed by atoms with E-state index in [2.05, 4.69) is 9.97 Å². The summed E-state index contributed by atoms with van der Waals surface area (Å²) in [6, 6.07) is 0. The molecular formula is C10H12N2O3S. The maximum Gasteiger partial charge on any atom is 0.339 e. The number of aromatic nitrogens is 2. The fourth-order valence-electron chi connectivity index (χ4n) is 1.89. The van der Waals surface area contributed by atoms with Crippen LogP contribution in [0.15, 0.2) is 6.20 Å². The summed E-state index contributed by atoms with van der Waals surface area (Å²) < 4.78 is 5.57. The molecule has 0 atom stereocenters. The Morgan fingerprint density at radius 1 is 1.56 bits per heavy atom. The van der Waals surface area contributed by atoms with Crippen LogP contribution in [0.25, 0.3) is 0 Å². The zero-order valence-corrected chi connectivity index (χ0v) is 9.42. The molecule has 86 valence electrons. The van der Waals surface area contributed by atoms with Crippen LogP contribution in [-0.4, -0.2) is 34.3 Å². The standard InChI is InChI=1S/C10H12N2O3S/c13-9(14)7-5-11-10(16)12-8(7)6-1-3-15-4-2-6/h5-6H,1-4H2,(H,13,14)(H,11,12,16). The molecule has 0 amide bonds. The Labute approximate surface area is 97.5 Å². The summed E-state index contributed by atoms with van der Waals surface area (Å²) in [6.07, 6.45) is 2.96. The van der Waals surface area contributed by atoms with Crippen molar-refractivity contribution in [1.29, 1.82) is 0 Å². The van der Waals surface area contributed by atoms with Crippen molar-refractivity contribution < 1.29 is 14.6 Å². The van der Waals surface area contributed by atoms with E-state index in [1.807, 2.05) is 0 Å². The van der Waals surface area contributed by atoms with Gasteiger partial charge in [0.15, 0.2) is 4.77 Å². The summed E-state index contributed by atoms with van der Waals surface area (Å²) >= 11 is 4.92. The van der Waals surface area contributed by atoms with Gasteiger partial charge in [-0.2, -0.15) is 0 Å². The molecule has 1 aromatic heterocycles. The molecule has 0 bridgehead atoms. The number of H-pyrrole nitrogens is 1. The Kier molecular flexibility index (Phi) is 3.31. The second-order valence-electron chi connectivity index (χ2n) is 3.71. The van der Waals surface area contributed by atoms with E-state index in [1.54, 1.807) is 0 Å². The van der Waals surface area contributed by atoms with Crippen molar-refractivity contribution in [2.45, 2.75) is 18.8 Å². The van der Waals surface area contributed by atoms with Crippen LogP contribution in [0.3, 0.4) is 0 Å². The van der Waals surface area contributed by atoms with E-state index in [0.29, 0.717) is 23.7 Å². The first-order valence-electron chi connectivity index (χ1n) is 5.08. The molecule has 0 unspecified atom stereocenters. The number of ether oxygens (including phenoxy) is 1. The number of carbonyl (C=O) groups is 1. The minimum atomic E-state index is -0.972. The third-order valence-electron chi connectivity index (χ3n) is 2.70. The van der Waals surface area contributed by atoms with Crippen molar-refractivity contribution in [3.05, 3.63) is 22.2 Å². The van der Waals surface area contributed by atoms with Gasteiger partial charge < -0.3 is 14.8 Å². The number of nitrogens with one attached hydrogen (secondary N) is 1. The van der Waals surface area contributed by atoms with Crippen LogP contribution in [0, 0.1) is 4.77 Å². The van der Waals surface area contributed by atoms with Crippen molar-refractivity contribution in [3.8, 4) is 0 Å². The van der Waals surface area contributed by atoms with Gasteiger partial charge in [0.1, 0.15) is 0 Å². The number of aromatic carboxylic acids is 1.